The molecule has 1 fully saturated rings. The molecule has 0 radical (unpaired) electrons. The lowest BCUT2D eigenvalue weighted by Gasteiger charge is -2.35. The molecule has 6 heteroatoms. The van der Waals surface area contributed by atoms with Gasteiger partial charge in [0.05, 0.1) is 30.8 Å². The molecule has 0 spiro atoms. The van der Waals surface area contributed by atoms with Gasteiger partial charge in [-0.3, -0.25) is 9.69 Å². The molecule has 1 atom stereocenters. The number of amides is 1. The number of nitrogens with zero attached hydrogens (tertiary/aromatic N) is 2. The fourth-order valence-electron chi connectivity index (χ4n) is 3.71. The van der Waals surface area contributed by atoms with E-state index in [1.807, 2.05) is 25.1 Å². The van der Waals surface area contributed by atoms with Gasteiger partial charge in [0, 0.05) is 42.3 Å². The molecule has 3 rings (SSSR count). The van der Waals surface area contributed by atoms with E-state index in [1.165, 1.54) is 0 Å². The number of fused-ring (bicyclic) bond motifs is 1. The molecule has 6 nitrogen and oxygen atoms in total. The van der Waals surface area contributed by atoms with Gasteiger partial charge in [0.15, 0.2) is 0 Å². The van der Waals surface area contributed by atoms with E-state index < -0.39 is 0 Å². The van der Waals surface area contributed by atoms with Crippen LogP contribution in [0, 0.1) is 18.3 Å². The molecule has 2 N–H and O–H groups in total. The summed E-state index contributed by atoms with van der Waals surface area (Å²) in [6, 6.07) is 8.32. The molecule has 1 aliphatic heterocycles. The van der Waals surface area contributed by atoms with Crippen molar-refractivity contribution in [1.82, 2.24) is 15.2 Å². The summed E-state index contributed by atoms with van der Waals surface area (Å²) < 4.78 is 5.75. The number of aromatic amines is 1. The van der Waals surface area contributed by atoms with Crippen molar-refractivity contribution in [3.63, 3.8) is 0 Å². The van der Waals surface area contributed by atoms with Gasteiger partial charge < -0.3 is 15.0 Å². The van der Waals surface area contributed by atoms with E-state index in [1.54, 1.807) is 0 Å². The number of carbonyl (C=O) groups excluding carboxylic acids is 1. The first kappa shape index (κ1) is 19.4. The Bertz CT molecular complexity index is 850. The van der Waals surface area contributed by atoms with Crippen LogP contribution < -0.4 is 5.32 Å². The van der Waals surface area contributed by atoms with Gasteiger partial charge >= 0.3 is 0 Å². The van der Waals surface area contributed by atoms with Gasteiger partial charge in [-0.25, -0.2) is 0 Å². The van der Waals surface area contributed by atoms with E-state index >= 15 is 0 Å². The Balaban J connectivity index is 1.54. The van der Waals surface area contributed by atoms with Crippen LogP contribution in [0.25, 0.3) is 10.9 Å². The Morgan fingerprint density at radius 1 is 1.48 bits per heavy atom. The number of nitriles is 1. The summed E-state index contributed by atoms with van der Waals surface area (Å²) in [5, 5.41) is 13.2. The monoisotopic (exact) mass is 368 g/mol. The van der Waals surface area contributed by atoms with Crippen molar-refractivity contribution in [2.75, 3.05) is 26.2 Å². The number of hydrogen-bond donors (Lipinski definition) is 2. The number of aryl methyl sites for hydroxylation is 1. The highest BCUT2D eigenvalue weighted by Crippen LogP contribution is 2.23. The maximum atomic E-state index is 12.3. The van der Waals surface area contributed by atoms with E-state index in [4.69, 9.17) is 10.00 Å². The molecule has 1 amide bonds. The number of benzene rings is 1. The standard InChI is InChI=1S/C21H28N4O2/c1-14(2)25-8-9-27-17(13-25)11-21(26)23-7-6-18-15(3)24-20-5-4-16(12-22)10-19(18)20/h4-5,10,14,17,24H,6-9,11,13H2,1-3H3,(H,23,26)/t17-/m0/s1. The van der Waals surface area contributed by atoms with E-state index in [0.29, 0.717) is 31.2 Å². The van der Waals surface area contributed by atoms with Gasteiger partial charge in [0.25, 0.3) is 0 Å². The second-order valence-electron chi connectivity index (χ2n) is 7.49. The first-order chi connectivity index (χ1) is 13.0. The number of hydrogen-bond acceptors (Lipinski definition) is 4. The fourth-order valence-corrected chi connectivity index (χ4v) is 3.71. The minimum absolute atomic E-state index is 0.0285. The first-order valence-corrected chi connectivity index (χ1v) is 9.61. The Hall–Kier alpha value is -2.36. The number of morpholine rings is 1. The summed E-state index contributed by atoms with van der Waals surface area (Å²) >= 11 is 0. The number of nitrogens with one attached hydrogen (secondary N) is 2. The molecule has 0 saturated carbocycles. The molecule has 2 heterocycles. The van der Waals surface area contributed by atoms with Crippen LogP contribution in [0.2, 0.25) is 0 Å². The number of H-pyrrole nitrogens is 1. The van der Waals surface area contributed by atoms with Gasteiger partial charge in [-0.1, -0.05) is 0 Å². The number of carbonyl (C=O) groups is 1. The maximum Gasteiger partial charge on any atom is 0.222 e. The van der Waals surface area contributed by atoms with Crippen molar-refractivity contribution in [3.8, 4) is 6.07 Å². The maximum absolute atomic E-state index is 12.3. The van der Waals surface area contributed by atoms with E-state index in [-0.39, 0.29) is 12.0 Å². The predicted octanol–water partition coefficient (Wildman–Crippen LogP) is 2.51. The molecule has 1 aromatic heterocycles. The first-order valence-electron chi connectivity index (χ1n) is 9.61. The zero-order valence-corrected chi connectivity index (χ0v) is 16.3. The molecule has 144 valence electrons. The van der Waals surface area contributed by atoms with Crippen LogP contribution in [0.4, 0.5) is 0 Å². The van der Waals surface area contributed by atoms with Crippen LogP contribution >= 0.6 is 0 Å². The molecule has 0 aliphatic carbocycles. The molecule has 0 unspecified atom stereocenters. The highest BCUT2D eigenvalue weighted by molar-refractivity contribution is 5.86. The molecule has 27 heavy (non-hydrogen) atoms. The Kier molecular flexibility index (Phi) is 6.15. The van der Waals surface area contributed by atoms with Crippen LogP contribution in [-0.4, -0.2) is 54.2 Å². The van der Waals surface area contributed by atoms with E-state index in [9.17, 15) is 4.79 Å². The molecule has 0 bridgehead atoms. The Labute approximate surface area is 160 Å². The Morgan fingerprint density at radius 3 is 3.04 bits per heavy atom. The van der Waals surface area contributed by atoms with Gasteiger partial charge in [-0.15, -0.1) is 0 Å². The average Bonchev–Trinajstić information content (AvgIpc) is 2.96. The predicted molar refractivity (Wildman–Crippen MR) is 106 cm³/mol. The number of aromatic nitrogens is 1. The Morgan fingerprint density at radius 2 is 2.30 bits per heavy atom. The smallest absolute Gasteiger partial charge is 0.222 e. The zero-order valence-electron chi connectivity index (χ0n) is 16.3. The molecular formula is C21H28N4O2. The topological polar surface area (TPSA) is 81.2 Å². The van der Waals surface area contributed by atoms with Crippen molar-refractivity contribution in [2.45, 2.75) is 45.8 Å². The highest BCUT2D eigenvalue weighted by Gasteiger charge is 2.24. The number of rotatable bonds is 6. The fraction of sp³-hybridized carbons (Fsp3) is 0.524. The summed E-state index contributed by atoms with van der Waals surface area (Å²) in [6.07, 6.45) is 1.10. The SMILES string of the molecule is Cc1[nH]c2ccc(C#N)cc2c1CCNC(=O)C[C@H]1CN(C(C)C)CCO1. The molecule has 1 aromatic carbocycles. The summed E-state index contributed by atoms with van der Waals surface area (Å²) in [6.45, 7) is 9.37. The van der Waals surface area contributed by atoms with Crippen LogP contribution in [0.3, 0.4) is 0 Å². The highest BCUT2D eigenvalue weighted by atomic mass is 16.5. The van der Waals surface area contributed by atoms with Crippen molar-refractivity contribution < 1.29 is 9.53 Å². The number of ether oxygens (including phenoxy) is 1. The molecular weight excluding hydrogens is 340 g/mol. The van der Waals surface area contributed by atoms with Crippen LogP contribution in [0.1, 0.15) is 37.1 Å². The lowest BCUT2D eigenvalue weighted by atomic mass is 10.1. The van der Waals surface area contributed by atoms with E-state index in [2.05, 4.69) is 35.1 Å². The lowest BCUT2D eigenvalue weighted by Crippen LogP contribution is -2.47. The third-order valence-electron chi connectivity index (χ3n) is 5.26. The van der Waals surface area contributed by atoms with Crippen molar-refractivity contribution in [1.29, 1.82) is 5.26 Å². The third kappa shape index (κ3) is 4.68. The molecule has 2 aromatic rings. The van der Waals surface area contributed by atoms with Crippen molar-refractivity contribution >= 4 is 16.8 Å². The van der Waals surface area contributed by atoms with Crippen molar-refractivity contribution in [3.05, 3.63) is 35.0 Å². The van der Waals surface area contributed by atoms with Crippen LogP contribution in [0.5, 0.6) is 0 Å². The van der Waals surface area contributed by atoms with Gasteiger partial charge in [0.2, 0.25) is 5.91 Å². The quantitative estimate of drug-likeness (QED) is 0.821. The third-order valence-corrected chi connectivity index (χ3v) is 5.26. The van der Waals surface area contributed by atoms with Gasteiger partial charge in [0.1, 0.15) is 0 Å². The van der Waals surface area contributed by atoms with E-state index in [0.717, 1.165) is 41.7 Å². The van der Waals surface area contributed by atoms with Crippen LogP contribution in [0.15, 0.2) is 18.2 Å². The second kappa shape index (κ2) is 8.55. The molecule has 1 aliphatic rings. The van der Waals surface area contributed by atoms with Crippen molar-refractivity contribution in [2.24, 2.45) is 0 Å². The lowest BCUT2D eigenvalue weighted by molar-refractivity contribution is -0.126. The second-order valence-corrected chi connectivity index (χ2v) is 7.49. The summed E-state index contributed by atoms with van der Waals surface area (Å²) in [5.74, 6) is 0.0285. The minimum atomic E-state index is -0.0332. The average molecular weight is 368 g/mol. The van der Waals surface area contributed by atoms with Gasteiger partial charge in [-0.2, -0.15) is 5.26 Å². The normalized spacial score (nSPS) is 18.0. The van der Waals surface area contributed by atoms with Crippen LogP contribution in [-0.2, 0) is 16.0 Å². The largest absolute Gasteiger partial charge is 0.375 e. The minimum Gasteiger partial charge on any atom is -0.375 e. The zero-order chi connectivity index (χ0) is 19.4. The molecule has 1 saturated heterocycles. The summed E-state index contributed by atoms with van der Waals surface area (Å²) in [7, 11) is 0. The summed E-state index contributed by atoms with van der Waals surface area (Å²) in [5.41, 5.74) is 3.91. The van der Waals surface area contributed by atoms with Gasteiger partial charge in [-0.05, 0) is 51.0 Å². The summed E-state index contributed by atoms with van der Waals surface area (Å²) in [4.78, 5) is 18.0.